The minimum absolute atomic E-state index is 0.275. The number of rotatable bonds is 4. The van der Waals surface area contributed by atoms with Gasteiger partial charge in [-0.05, 0) is 37.3 Å². The van der Waals surface area contributed by atoms with Crippen LogP contribution in [0.25, 0.3) is 0 Å². The molecule has 0 saturated heterocycles. The molecule has 4 nitrogen and oxygen atoms in total. The highest BCUT2D eigenvalue weighted by Crippen LogP contribution is 2.24. The third-order valence-electron chi connectivity index (χ3n) is 2.88. The van der Waals surface area contributed by atoms with Crippen molar-refractivity contribution in [2.75, 3.05) is 17.2 Å². The normalized spacial score (nSPS) is 9.76. The Morgan fingerprint density at radius 3 is 2.71 bits per heavy atom. The summed E-state index contributed by atoms with van der Waals surface area (Å²) in [7, 11) is 0. The summed E-state index contributed by atoms with van der Waals surface area (Å²) >= 11 is 6.05. The lowest BCUT2D eigenvalue weighted by Gasteiger charge is -2.12. The fourth-order valence-electron chi connectivity index (χ4n) is 1.91. The molecule has 106 valence electrons. The largest absolute Gasteiger partial charge is 0.385 e. The average molecular weight is 300 g/mol. The quantitative estimate of drug-likeness (QED) is 0.900. The molecular weight excluding hydrogens is 286 g/mol. The molecule has 0 spiro atoms. The van der Waals surface area contributed by atoms with Crippen LogP contribution in [0.2, 0.25) is 5.02 Å². The molecule has 0 fully saturated rings. The number of para-hydroxylation sites is 1. The van der Waals surface area contributed by atoms with Crippen molar-refractivity contribution in [3.05, 3.63) is 58.6 Å². The van der Waals surface area contributed by atoms with Gasteiger partial charge in [0, 0.05) is 12.2 Å². The summed E-state index contributed by atoms with van der Waals surface area (Å²) in [5.41, 5.74) is 2.14. The van der Waals surface area contributed by atoms with Gasteiger partial charge in [-0.25, -0.2) is 0 Å². The fourth-order valence-corrected chi connectivity index (χ4v) is 2.07. The van der Waals surface area contributed by atoms with E-state index in [1.165, 1.54) is 0 Å². The zero-order valence-corrected chi connectivity index (χ0v) is 12.2. The standard InChI is InChI=1S/C16H14ClN3O/c1-2-19-14-6-4-3-5-12(14)16(21)20-15-9-11(10-18)7-8-13(15)17/h3-9,19H,2H2,1H3,(H,20,21). The van der Waals surface area contributed by atoms with Crippen molar-refractivity contribution in [3.8, 4) is 6.07 Å². The number of amides is 1. The summed E-state index contributed by atoms with van der Waals surface area (Å²) < 4.78 is 0. The van der Waals surface area contributed by atoms with Crippen LogP contribution < -0.4 is 10.6 Å². The van der Waals surface area contributed by atoms with E-state index in [-0.39, 0.29) is 5.91 Å². The summed E-state index contributed by atoms with van der Waals surface area (Å²) in [4.78, 5) is 12.4. The SMILES string of the molecule is CCNc1ccccc1C(=O)Nc1cc(C#N)ccc1Cl. The van der Waals surface area contributed by atoms with Gasteiger partial charge in [0.25, 0.3) is 5.91 Å². The zero-order valence-electron chi connectivity index (χ0n) is 11.5. The number of carbonyl (C=O) groups excluding carboxylic acids is 1. The van der Waals surface area contributed by atoms with Gasteiger partial charge < -0.3 is 10.6 Å². The lowest BCUT2D eigenvalue weighted by molar-refractivity contribution is 0.102. The first-order valence-electron chi connectivity index (χ1n) is 6.49. The Kier molecular flexibility index (Phi) is 4.81. The molecule has 0 aliphatic rings. The second-order valence-corrected chi connectivity index (χ2v) is 4.74. The number of nitrogens with one attached hydrogen (secondary N) is 2. The van der Waals surface area contributed by atoms with Crippen LogP contribution >= 0.6 is 11.6 Å². The van der Waals surface area contributed by atoms with Crippen LogP contribution in [0.3, 0.4) is 0 Å². The molecule has 5 heteroatoms. The number of halogens is 1. The highest BCUT2D eigenvalue weighted by Gasteiger charge is 2.12. The smallest absolute Gasteiger partial charge is 0.257 e. The minimum atomic E-state index is -0.275. The van der Waals surface area contributed by atoms with Crippen LogP contribution in [0.1, 0.15) is 22.8 Å². The first-order valence-corrected chi connectivity index (χ1v) is 6.87. The van der Waals surface area contributed by atoms with Gasteiger partial charge in [-0.2, -0.15) is 5.26 Å². The molecule has 0 atom stereocenters. The van der Waals surface area contributed by atoms with Gasteiger partial charge in [0.15, 0.2) is 0 Å². The maximum Gasteiger partial charge on any atom is 0.257 e. The summed E-state index contributed by atoms with van der Waals surface area (Å²) in [6.45, 7) is 2.68. The molecule has 0 saturated carbocycles. The predicted octanol–water partition coefficient (Wildman–Crippen LogP) is 3.90. The van der Waals surface area contributed by atoms with Gasteiger partial charge in [-0.3, -0.25) is 4.79 Å². The minimum Gasteiger partial charge on any atom is -0.385 e. The zero-order chi connectivity index (χ0) is 15.2. The molecule has 0 radical (unpaired) electrons. The van der Waals surface area contributed by atoms with Crippen LogP contribution in [0.15, 0.2) is 42.5 Å². The average Bonchev–Trinajstić information content (AvgIpc) is 2.50. The molecule has 21 heavy (non-hydrogen) atoms. The van der Waals surface area contributed by atoms with E-state index in [1.54, 1.807) is 30.3 Å². The van der Waals surface area contributed by atoms with E-state index in [0.717, 1.165) is 12.2 Å². The molecule has 0 unspecified atom stereocenters. The summed E-state index contributed by atoms with van der Waals surface area (Å²) in [6.07, 6.45) is 0. The molecule has 2 aromatic rings. The number of hydrogen-bond donors (Lipinski definition) is 2. The second kappa shape index (κ2) is 6.78. The van der Waals surface area contributed by atoms with Gasteiger partial charge in [0.2, 0.25) is 0 Å². The molecule has 0 bridgehead atoms. The predicted molar refractivity (Wildman–Crippen MR) is 84.7 cm³/mol. The highest BCUT2D eigenvalue weighted by molar-refractivity contribution is 6.34. The van der Waals surface area contributed by atoms with E-state index in [4.69, 9.17) is 16.9 Å². The highest BCUT2D eigenvalue weighted by atomic mass is 35.5. The number of hydrogen-bond acceptors (Lipinski definition) is 3. The number of carbonyl (C=O) groups is 1. The number of nitriles is 1. The van der Waals surface area contributed by atoms with Crippen molar-refractivity contribution in [2.45, 2.75) is 6.92 Å². The first-order chi connectivity index (χ1) is 10.2. The van der Waals surface area contributed by atoms with Crippen molar-refractivity contribution in [3.63, 3.8) is 0 Å². The van der Waals surface area contributed by atoms with Crippen LogP contribution in [-0.4, -0.2) is 12.5 Å². The van der Waals surface area contributed by atoms with Crippen molar-refractivity contribution in [1.29, 1.82) is 5.26 Å². The van der Waals surface area contributed by atoms with E-state index in [2.05, 4.69) is 10.6 Å². The Bertz CT molecular complexity index is 707. The number of benzene rings is 2. The summed E-state index contributed by atoms with van der Waals surface area (Å²) in [5, 5.41) is 15.2. The second-order valence-electron chi connectivity index (χ2n) is 4.34. The van der Waals surface area contributed by atoms with E-state index >= 15 is 0 Å². The van der Waals surface area contributed by atoms with Crippen LogP contribution in [0.5, 0.6) is 0 Å². The van der Waals surface area contributed by atoms with Gasteiger partial charge in [0.1, 0.15) is 0 Å². The van der Waals surface area contributed by atoms with Crippen LogP contribution in [0, 0.1) is 11.3 Å². The Morgan fingerprint density at radius 1 is 1.24 bits per heavy atom. The maximum absolute atomic E-state index is 12.4. The molecule has 0 aromatic heterocycles. The van der Waals surface area contributed by atoms with E-state index in [1.807, 2.05) is 25.1 Å². The Morgan fingerprint density at radius 2 is 2.00 bits per heavy atom. The van der Waals surface area contributed by atoms with Crippen molar-refractivity contribution in [1.82, 2.24) is 0 Å². The monoisotopic (exact) mass is 299 g/mol. The topological polar surface area (TPSA) is 64.9 Å². The third kappa shape index (κ3) is 3.53. The Hall–Kier alpha value is -2.51. The lowest BCUT2D eigenvalue weighted by atomic mass is 10.1. The van der Waals surface area contributed by atoms with Crippen molar-refractivity contribution in [2.24, 2.45) is 0 Å². The number of anilines is 2. The molecule has 2 rings (SSSR count). The van der Waals surface area contributed by atoms with Crippen LogP contribution in [-0.2, 0) is 0 Å². The van der Waals surface area contributed by atoms with Gasteiger partial charge in [-0.1, -0.05) is 23.7 Å². The molecule has 0 aliphatic heterocycles. The Balaban J connectivity index is 2.28. The van der Waals surface area contributed by atoms with E-state index in [9.17, 15) is 4.79 Å². The molecule has 0 heterocycles. The van der Waals surface area contributed by atoms with Crippen molar-refractivity contribution >= 4 is 28.9 Å². The Labute approximate surface area is 128 Å². The van der Waals surface area contributed by atoms with Crippen molar-refractivity contribution < 1.29 is 4.79 Å². The van der Waals surface area contributed by atoms with Crippen LogP contribution in [0.4, 0.5) is 11.4 Å². The van der Waals surface area contributed by atoms with E-state index < -0.39 is 0 Å². The molecule has 0 aliphatic carbocycles. The third-order valence-corrected chi connectivity index (χ3v) is 3.21. The molecular formula is C16H14ClN3O. The first kappa shape index (κ1) is 14.9. The van der Waals surface area contributed by atoms with Gasteiger partial charge >= 0.3 is 0 Å². The molecule has 1 amide bonds. The molecule has 2 aromatic carbocycles. The van der Waals surface area contributed by atoms with E-state index in [0.29, 0.717) is 21.8 Å². The van der Waals surface area contributed by atoms with Gasteiger partial charge in [-0.15, -0.1) is 0 Å². The van der Waals surface area contributed by atoms with Gasteiger partial charge in [0.05, 0.1) is 27.9 Å². The lowest BCUT2D eigenvalue weighted by Crippen LogP contribution is -2.15. The fraction of sp³-hybridized carbons (Fsp3) is 0.125. The molecule has 2 N–H and O–H groups in total. The summed E-state index contributed by atoms with van der Waals surface area (Å²) in [6, 6.07) is 14.0. The number of nitrogens with zero attached hydrogens (tertiary/aromatic N) is 1. The summed E-state index contributed by atoms with van der Waals surface area (Å²) in [5.74, 6) is -0.275. The maximum atomic E-state index is 12.4.